The van der Waals surface area contributed by atoms with E-state index >= 15 is 0 Å². The highest BCUT2D eigenvalue weighted by Crippen LogP contribution is 2.17. The Morgan fingerprint density at radius 3 is 2.81 bits per heavy atom. The van der Waals surface area contributed by atoms with Gasteiger partial charge in [0.25, 0.3) is 5.91 Å². The summed E-state index contributed by atoms with van der Waals surface area (Å²) in [5.74, 6) is 0.0814. The minimum atomic E-state index is 0.0814. The van der Waals surface area contributed by atoms with E-state index in [2.05, 4.69) is 5.10 Å². The van der Waals surface area contributed by atoms with E-state index in [9.17, 15) is 4.79 Å². The molecule has 1 aromatic rings. The van der Waals surface area contributed by atoms with Crippen molar-refractivity contribution in [2.24, 2.45) is 5.73 Å². The van der Waals surface area contributed by atoms with Gasteiger partial charge in [-0.05, 0) is 45.7 Å². The molecule has 1 aliphatic heterocycles. The van der Waals surface area contributed by atoms with Crippen LogP contribution in [-0.2, 0) is 11.3 Å². The van der Waals surface area contributed by atoms with Crippen LogP contribution in [0.25, 0.3) is 0 Å². The van der Waals surface area contributed by atoms with E-state index in [4.69, 9.17) is 10.5 Å². The van der Waals surface area contributed by atoms with Crippen LogP contribution in [0.5, 0.6) is 0 Å². The topological polar surface area (TPSA) is 73.4 Å². The fraction of sp³-hybridized carbons (Fsp3) is 0.733. The molecule has 6 nitrogen and oxygen atoms in total. The number of hydrogen-bond acceptors (Lipinski definition) is 4. The van der Waals surface area contributed by atoms with Gasteiger partial charge in [0, 0.05) is 26.2 Å². The number of carbonyl (C=O) groups excluding carboxylic acids is 1. The van der Waals surface area contributed by atoms with E-state index in [1.54, 1.807) is 4.68 Å². The van der Waals surface area contributed by atoms with Crippen LogP contribution < -0.4 is 5.73 Å². The first-order valence-corrected chi connectivity index (χ1v) is 7.81. The van der Waals surface area contributed by atoms with Crippen LogP contribution in [0, 0.1) is 6.92 Å². The van der Waals surface area contributed by atoms with Crippen LogP contribution >= 0.6 is 0 Å². The quantitative estimate of drug-likeness (QED) is 0.800. The minimum Gasteiger partial charge on any atom is -0.378 e. The molecule has 0 atom stereocenters. The summed E-state index contributed by atoms with van der Waals surface area (Å²) in [4.78, 5) is 14.5. The fourth-order valence-corrected chi connectivity index (χ4v) is 2.68. The highest BCUT2D eigenvalue weighted by atomic mass is 16.5. The molecule has 0 radical (unpaired) electrons. The van der Waals surface area contributed by atoms with Crippen molar-refractivity contribution in [3.05, 3.63) is 17.5 Å². The van der Waals surface area contributed by atoms with Gasteiger partial charge < -0.3 is 15.4 Å². The number of nitrogens with two attached hydrogens (primary N) is 1. The summed E-state index contributed by atoms with van der Waals surface area (Å²) < 4.78 is 7.55. The molecular weight excluding hydrogens is 268 g/mol. The Hall–Kier alpha value is -1.40. The van der Waals surface area contributed by atoms with Crippen molar-refractivity contribution in [3.8, 4) is 0 Å². The van der Waals surface area contributed by atoms with Crippen LogP contribution in [0.15, 0.2) is 6.07 Å². The van der Waals surface area contributed by atoms with Crippen LogP contribution in [0.3, 0.4) is 0 Å². The average molecular weight is 294 g/mol. The van der Waals surface area contributed by atoms with Gasteiger partial charge in [-0.25, -0.2) is 0 Å². The van der Waals surface area contributed by atoms with Crippen LogP contribution in [-0.4, -0.2) is 52.9 Å². The lowest BCUT2D eigenvalue weighted by molar-refractivity contribution is 0.00813. The molecule has 0 spiro atoms. The molecule has 118 valence electrons. The monoisotopic (exact) mass is 294 g/mol. The molecule has 0 saturated carbocycles. The number of carbonyl (C=O) groups is 1. The molecule has 0 unspecified atom stereocenters. The molecule has 0 aromatic carbocycles. The van der Waals surface area contributed by atoms with Crippen LogP contribution in [0.1, 0.15) is 42.4 Å². The summed E-state index contributed by atoms with van der Waals surface area (Å²) in [6, 6.07) is 1.87. The Kier molecular flexibility index (Phi) is 5.76. The Morgan fingerprint density at radius 2 is 2.19 bits per heavy atom. The van der Waals surface area contributed by atoms with Gasteiger partial charge >= 0.3 is 0 Å². The van der Waals surface area contributed by atoms with Gasteiger partial charge in [-0.2, -0.15) is 5.10 Å². The number of aryl methyl sites for hydroxylation is 2. The zero-order valence-corrected chi connectivity index (χ0v) is 13.0. The Labute approximate surface area is 126 Å². The zero-order chi connectivity index (χ0) is 15.2. The molecule has 0 bridgehead atoms. The Balaban J connectivity index is 1.88. The van der Waals surface area contributed by atoms with Gasteiger partial charge in [-0.15, -0.1) is 0 Å². The predicted octanol–water partition coefficient (Wildman–Crippen LogP) is 1.18. The molecule has 1 aliphatic rings. The number of nitrogens with zero attached hydrogens (tertiary/aromatic N) is 3. The van der Waals surface area contributed by atoms with Crippen molar-refractivity contribution < 1.29 is 9.53 Å². The molecule has 21 heavy (non-hydrogen) atoms. The van der Waals surface area contributed by atoms with Crippen molar-refractivity contribution in [1.82, 2.24) is 14.7 Å². The van der Waals surface area contributed by atoms with E-state index in [1.165, 1.54) is 0 Å². The Bertz CT molecular complexity index is 464. The second-order valence-electron chi connectivity index (χ2n) is 5.49. The molecule has 2 rings (SSSR count). The number of amides is 1. The maximum atomic E-state index is 12.6. The first kappa shape index (κ1) is 16.0. The SMILES string of the molecule is CCn1nc(C)cc1C(=O)N1CCC(OCCCN)CC1. The van der Waals surface area contributed by atoms with Gasteiger partial charge in [0.05, 0.1) is 11.8 Å². The molecule has 1 fully saturated rings. The summed E-state index contributed by atoms with van der Waals surface area (Å²) >= 11 is 0. The molecule has 2 heterocycles. The van der Waals surface area contributed by atoms with E-state index in [0.717, 1.165) is 44.7 Å². The van der Waals surface area contributed by atoms with E-state index in [0.29, 0.717) is 18.8 Å². The van der Waals surface area contributed by atoms with Gasteiger partial charge in [0.1, 0.15) is 5.69 Å². The van der Waals surface area contributed by atoms with Crippen LogP contribution in [0.4, 0.5) is 0 Å². The average Bonchev–Trinajstić information content (AvgIpc) is 2.88. The molecule has 0 aliphatic carbocycles. The molecule has 6 heteroatoms. The highest BCUT2D eigenvalue weighted by Gasteiger charge is 2.26. The van der Waals surface area contributed by atoms with Crippen molar-refractivity contribution >= 4 is 5.91 Å². The number of likely N-dealkylation sites (tertiary alicyclic amines) is 1. The first-order chi connectivity index (χ1) is 10.2. The third-order valence-corrected chi connectivity index (χ3v) is 3.85. The largest absolute Gasteiger partial charge is 0.378 e. The molecular formula is C15H26N4O2. The van der Waals surface area contributed by atoms with Gasteiger partial charge in [0.15, 0.2) is 0 Å². The number of aromatic nitrogens is 2. The highest BCUT2D eigenvalue weighted by molar-refractivity contribution is 5.92. The summed E-state index contributed by atoms with van der Waals surface area (Å²) in [5.41, 5.74) is 7.04. The third-order valence-electron chi connectivity index (χ3n) is 3.85. The summed E-state index contributed by atoms with van der Waals surface area (Å²) in [7, 11) is 0. The molecule has 2 N–H and O–H groups in total. The maximum Gasteiger partial charge on any atom is 0.272 e. The van der Waals surface area contributed by atoms with Gasteiger partial charge in [-0.1, -0.05) is 0 Å². The fourth-order valence-electron chi connectivity index (χ4n) is 2.68. The standard InChI is InChI=1S/C15H26N4O2/c1-3-19-14(11-12(2)17-19)15(20)18-8-5-13(6-9-18)21-10-4-7-16/h11,13H,3-10,16H2,1-2H3. The lowest BCUT2D eigenvalue weighted by Crippen LogP contribution is -2.41. The lowest BCUT2D eigenvalue weighted by atomic mass is 10.1. The summed E-state index contributed by atoms with van der Waals surface area (Å²) in [5, 5.41) is 4.34. The van der Waals surface area contributed by atoms with Crippen molar-refractivity contribution in [3.63, 3.8) is 0 Å². The molecule has 1 amide bonds. The van der Waals surface area contributed by atoms with Gasteiger partial charge in [0.2, 0.25) is 0 Å². The number of ether oxygens (including phenoxy) is 1. The van der Waals surface area contributed by atoms with Crippen LogP contribution in [0.2, 0.25) is 0 Å². The Morgan fingerprint density at radius 1 is 1.48 bits per heavy atom. The summed E-state index contributed by atoms with van der Waals surface area (Å²) in [6.07, 6.45) is 2.96. The smallest absolute Gasteiger partial charge is 0.272 e. The van der Waals surface area contributed by atoms with Gasteiger partial charge in [-0.3, -0.25) is 9.48 Å². The predicted molar refractivity (Wildman–Crippen MR) is 81.2 cm³/mol. The van der Waals surface area contributed by atoms with E-state index < -0.39 is 0 Å². The number of piperidine rings is 1. The second-order valence-corrected chi connectivity index (χ2v) is 5.49. The minimum absolute atomic E-state index is 0.0814. The molecule has 1 aromatic heterocycles. The van der Waals surface area contributed by atoms with E-state index in [1.807, 2.05) is 24.8 Å². The van der Waals surface area contributed by atoms with Crippen molar-refractivity contribution in [2.75, 3.05) is 26.2 Å². The van der Waals surface area contributed by atoms with Crippen molar-refractivity contribution in [2.45, 2.75) is 45.8 Å². The second kappa shape index (κ2) is 7.56. The third kappa shape index (κ3) is 4.04. The zero-order valence-electron chi connectivity index (χ0n) is 13.0. The summed E-state index contributed by atoms with van der Waals surface area (Å²) in [6.45, 7) is 7.52. The maximum absolute atomic E-state index is 12.6. The normalized spacial score (nSPS) is 16.4. The van der Waals surface area contributed by atoms with E-state index in [-0.39, 0.29) is 12.0 Å². The number of hydrogen-bond donors (Lipinski definition) is 1. The first-order valence-electron chi connectivity index (χ1n) is 7.81. The number of rotatable bonds is 6. The van der Waals surface area contributed by atoms with Crippen molar-refractivity contribution in [1.29, 1.82) is 0 Å². The lowest BCUT2D eigenvalue weighted by Gasteiger charge is -2.32. The molecule has 1 saturated heterocycles.